The van der Waals surface area contributed by atoms with Crippen molar-refractivity contribution in [3.63, 3.8) is 0 Å². The number of carbonyl (C=O) groups excluding carboxylic acids is 1. The van der Waals surface area contributed by atoms with Crippen molar-refractivity contribution >= 4 is 21.6 Å². The Morgan fingerprint density at radius 2 is 1.54 bits per heavy atom. The van der Waals surface area contributed by atoms with Gasteiger partial charge in [-0.2, -0.15) is 4.72 Å². The minimum atomic E-state index is -3.84. The quantitative estimate of drug-likeness (QED) is 0.644. The first-order chi connectivity index (χ1) is 13.4. The number of amides is 1. The van der Waals surface area contributed by atoms with Crippen LogP contribution in [-0.4, -0.2) is 20.4 Å². The van der Waals surface area contributed by atoms with E-state index in [4.69, 9.17) is 0 Å². The Bertz CT molecular complexity index is 1040. The molecule has 0 unspecified atom stereocenters. The van der Waals surface area contributed by atoms with Crippen molar-refractivity contribution in [1.82, 2.24) is 4.72 Å². The zero-order chi connectivity index (χ0) is 20.0. The first-order valence-electron chi connectivity index (χ1n) is 8.93. The molecule has 0 heterocycles. The third-order valence-corrected chi connectivity index (χ3v) is 5.72. The third-order valence-electron chi connectivity index (χ3n) is 4.24. The predicted molar refractivity (Wildman–Crippen MR) is 111 cm³/mol. The molecule has 0 aliphatic carbocycles. The zero-order valence-electron chi connectivity index (χ0n) is 15.5. The summed E-state index contributed by atoms with van der Waals surface area (Å²) in [5.41, 5.74) is 2.49. The van der Waals surface area contributed by atoms with Crippen molar-refractivity contribution in [1.29, 1.82) is 0 Å². The average molecular weight is 394 g/mol. The molecule has 3 aromatic rings. The van der Waals surface area contributed by atoms with E-state index < -0.39 is 22.0 Å². The molecule has 2 N–H and O–H groups in total. The van der Waals surface area contributed by atoms with Crippen molar-refractivity contribution in [3.05, 3.63) is 96.1 Å². The van der Waals surface area contributed by atoms with Gasteiger partial charge in [0, 0.05) is 5.69 Å². The molecule has 0 saturated carbocycles. The lowest BCUT2D eigenvalue weighted by molar-refractivity contribution is -0.117. The molecule has 0 saturated heterocycles. The number of aryl methyl sites for hydroxylation is 1. The molecule has 1 amide bonds. The maximum absolute atomic E-state index is 12.9. The van der Waals surface area contributed by atoms with Gasteiger partial charge in [-0.1, -0.05) is 60.7 Å². The van der Waals surface area contributed by atoms with Crippen LogP contribution in [0, 0.1) is 6.92 Å². The number of rotatable bonds is 7. The lowest BCUT2D eigenvalue weighted by Crippen LogP contribution is -2.45. The van der Waals surface area contributed by atoms with E-state index in [9.17, 15) is 13.2 Å². The molecule has 144 valence electrons. The summed E-state index contributed by atoms with van der Waals surface area (Å²) in [4.78, 5) is 13.0. The van der Waals surface area contributed by atoms with Crippen molar-refractivity contribution in [2.24, 2.45) is 0 Å². The number of anilines is 1. The van der Waals surface area contributed by atoms with Crippen molar-refractivity contribution in [3.8, 4) is 0 Å². The number of hydrogen-bond donors (Lipinski definition) is 2. The molecule has 6 heteroatoms. The SMILES string of the molecule is Cc1cccc(NC(=O)[C@H](Cc2ccccc2)NS(=O)(=O)c2ccccc2)c1. The first kappa shape index (κ1) is 19.8. The molecular weight excluding hydrogens is 372 g/mol. The monoisotopic (exact) mass is 394 g/mol. The van der Waals surface area contributed by atoms with Gasteiger partial charge < -0.3 is 5.32 Å². The summed E-state index contributed by atoms with van der Waals surface area (Å²) in [5.74, 6) is -0.408. The second-order valence-corrected chi connectivity index (χ2v) is 8.25. The summed E-state index contributed by atoms with van der Waals surface area (Å²) in [6.45, 7) is 1.93. The molecule has 0 aliphatic rings. The highest BCUT2D eigenvalue weighted by Crippen LogP contribution is 2.14. The topological polar surface area (TPSA) is 75.3 Å². The maximum atomic E-state index is 12.9. The van der Waals surface area contributed by atoms with Crippen LogP contribution in [0.5, 0.6) is 0 Å². The van der Waals surface area contributed by atoms with Gasteiger partial charge in [-0.3, -0.25) is 4.79 Å². The Kier molecular flexibility index (Phi) is 6.23. The lowest BCUT2D eigenvalue weighted by atomic mass is 10.1. The Balaban J connectivity index is 1.85. The Hall–Kier alpha value is -2.96. The van der Waals surface area contributed by atoms with Crippen LogP contribution in [0.25, 0.3) is 0 Å². The molecule has 0 aromatic heterocycles. The van der Waals surface area contributed by atoms with Crippen LogP contribution >= 0.6 is 0 Å². The van der Waals surface area contributed by atoms with Crippen LogP contribution in [0.3, 0.4) is 0 Å². The number of carbonyl (C=O) groups is 1. The smallest absolute Gasteiger partial charge is 0.242 e. The number of benzene rings is 3. The Morgan fingerprint density at radius 3 is 2.18 bits per heavy atom. The van der Waals surface area contributed by atoms with Gasteiger partial charge >= 0.3 is 0 Å². The van der Waals surface area contributed by atoms with E-state index in [1.54, 1.807) is 24.3 Å². The number of sulfonamides is 1. The first-order valence-corrected chi connectivity index (χ1v) is 10.4. The van der Waals surface area contributed by atoms with E-state index in [0.717, 1.165) is 11.1 Å². The Morgan fingerprint density at radius 1 is 0.893 bits per heavy atom. The fourth-order valence-corrected chi connectivity index (χ4v) is 4.06. The molecule has 3 rings (SSSR count). The highest BCUT2D eigenvalue weighted by Gasteiger charge is 2.26. The molecule has 0 bridgehead atoms. The van der Waals surface area contributed by atoms with E-state index >= 15 is 0 Å². The van der Waals surface area contributed by atoms with Gasteiger partial charge in [-0.15, -0.1) is 0 Å². The van der Waals surface area contributed by atoms with Crippen LogP contribution < -0.4 is 10.0 Å². The van der Waals surface area contributed by atoms with Gasteiger partial charge in [0.2, 0.25) is 15.9 Å². The fourth-order valence-electron chi connectivity index (χ4n) is 2.84. The molecule has 0 spiro atoms. The van der Waals surface area contributed by atoms with Crippen LogP contribution in [0.2, 0.25) is 0 Å². The standard InChI is InChI=1S/C22H22N2O3S/c1-17-9-8-12-19(15-17)23-22(25)21(16-18-10-4-2-5-11-18)24-28(26,27)20-13-6-3-7-14-20/h2-15,21,24H,16H2,1H3,(H,23,25)/t21-/m0/s1. The summed E-state index contributed by atoms with van der Waals surface area (Å²) in [7, 11) is -3.84. The molecule has 28 heavy (non-hydrogen) atoms. The summed E-state index contributed by atoms with van der Waals surface area (Å²) in [6, 6.07) is 23.8. The summed E-state index contributed by atoms with van der Waals surface area (Å²) in [5, 5.41) is 2.81. The highest BCUT2D eigenvalue weighted by molar-refractivity contribution is 7.89. The average Bonchev–Trinajstić information content (AvgIpc) is 2.69. The van der Waals surface area contributed by atoms with Gasteiger partial charge in [0.15, 0.2) is 0 Å². The van der Waals surface area contributed by atoms with Gasteiger partial charge in [-0.05, 0) is 48.7 Å². The number of nitrogens with one attached hydrogen (secondary N) is 2. The van der Waals surface area contributed by atoms with Crippen LogP contribution in [0.4, 0.5) is 5.69 Å². The lowest BCUT2D eigenvalue weighted by Gasteiger charge is -2.19. The minimum Gasteiger partial charge on any atom is -0.325 e. The largest absolute Gasteiger partial charge is 0.325 e. The van der Waals surface area contributed by atoms with E-state index in [-0.39, 0.29) is 11.3 Å². The van der Waals surface area contributed by atoms with Gasteiger partial charge in [0.05, 0.1) is 4.90 Å². The molecule has 0 radical (unpaired) electrons. The summed E-state index contributed by atoms with van der Waals surface area (Å²) < 4.78 is 28.1. The van der Waals surface area contributed by atoms with E-state index in [1.165, 1.54) is 12.1 Å². The van der Waals surface area contributed by atoms with Crippen LogP contribution in [0.1, 0.15) is 11.1 Å². The van der Waals surface area contributed by atoms with E-state index in [1.807, 2.05) is 55.5 Å². The van der Waals surface area contributed by atoms with Crippen molar-refractivity contribution in [2.45, 2.75) is 24.3 Å². The summed E-state index contributed by atoms with van der Waals surface area (Å²) >= 11 is 0. The molecule has 0 aliphatic heterocycles. The molecular formula is C22H22N2O3S. The van der Waals surface area contributed by atoms with Gasteiger partial charge in [0.1, 0.15) is 6.04 Å². The van der Waals surface area contributed by atoms with Crippen molar-refractivity contribution in [2.75, 3.05) is 5.32 Å². The number of hydrogen-bond acceptors (Lipinski definition) is 3. The van der Waals surface area contributed by atoms with E-state index in [2.05, 4.69) is 10.0 Å². The van der Waals surface area contributed by atoms with Gasteiger partial charge in [0.25, 0.3) is 0 Å². The second-order valence-electron chi connectivity index (χ2n) is 6.54. The minimum absolute atomic E-state index is 0.122. The Labute approximate surface area is 165 Å². The highest BCUT2D eigenvalue weighted by atomic mass is 32.2. The third kappa shape index (κ3) is 5.28. The fraction of sp³-hybridized carbons (Fsp3) is 0.136. The molecule has 0 fully saturated rings. The van der Waals surface area contributed by atoms with Crippen LogP contribution in [-0.2, 0) is 21.2 Å². The second kappa shape index (κ2) is 8.82. The van der Waals surface area contributed by atoms with Crippen molar-refractivity contribution < 1.29 is 13.2 Å². The molecule has 5 nitrogen and oxygen atoms in total. The van der Waals surface area contributed by atoms with E-state index in [0.29, 0.717) is 5.69 Å². The van der Waals surface area contributed by atoms with Crippen LogP contribution in [0.15, 0.2) is 89.8 Å². The normalized spacial score (nSPS) is 12.3. The zero-order valence-corrected chi connectivity index (χ0v) is 16.3. The molecule has 3 aromatic carbocycles. The summed E-state index contributed by atoms with van der Waals surface area (Å²) in [6.07, 6.45) is 0.241. The predicted octanol–water partition coefficient (Wildman–Crippen LogP) is 3.52. The maximum Gasteiger partial charge on any atom is 0.242 e. The molecule has 1 atom stereocenters. The van der Waals surface area contributed by atoms with Gasteiger partial charge in [-0.25, -0.2) is 8.42 Å².